The molecule has 3 aromatic rings. The zero-order valence-corrected chi connectivity index (χ0v) is 22.9. The van der Waals surface area contributed by atoms with E-state index in [9.17, 15) is 19.2 Å². The van der Waals surface area contributed by atoms with Gasteiger partial charge >= 0.3 is 11.7 Å². The molecule has 3 amide bonds. The van der Waals surface area contributed by atoms with Crippen molar-refractivity contribution in [3.63, 3.8) is 0 Å². The average Bonchev–Trinajstić information content (AvgIpc) is 3.76. The van der Waals surface area contributed by atoms with E-state index in [1.54, 1.807) is 28.8 Å². The summed E-state index contributed by atoms with van der Waals surface area (Å²) in [7, 11) is 0. The third-order valence-electron chi connectivity index (χ3n) is 7.08. The van der Waals surface area contributed by atoms with Crippen molar-refractivity contribution in [1.29, 1.82) is 5.26 Å². The van der Waals surface area contributed by atoms with Crippen LogP contribution in [0.25, 0.3) is 10.9 Å². The number of morpholine rings is 1. The molecule has 11 nitrogen and oxygen atoms in total. The Hall–Kier alpha value is -4.14. The van der Waals surface area contributed by atoms with Crippen LogP contribution in [0.2, 0.25) is 5.02 Å². The maximum absolute atomic E-state index is 13.3. The highest BCUT2D eigenvalue weighted by atomic mass is 35.5. The number of amides is 3. The second kappa shape index (κ2) is 11.2. The molecule has 1 saturated heterocycles. The van der Waals surface area contributed by atoms with Crippen molar-refractivity contribution in [2.24, 2.45) is 5.92 Å². The van der Waals surface area contributed by atoms with E-state index >= 15 is 0 Å². The van der Waals surface area contributed by atoms with Crippen molar-refractivity contribution < 1.29 is 14.3 Å². The van der Waals surface area contributed by atoms with Gasteiger partial charge in [-0.05, 0) is 69.0 Å². The Morgan fingerprint density at radius 2 is 1.85 bits per heavy atom. The summed E-state index contributed by atoms with van der Waals surface area (Å²) in [5, 5.41) is 15.1. The van der Waals surface area contributed by atoms with Crippen LogP contribution in [0.1, 0.15) is 38.3 Å². The molecule has 1 aliphatic heterocycles. The van der Waals surface area contributed by atoms with Gasteiger partial charge in [0.2, 0.25) is 0 Å². The number of anilines is 2. The third-order valence-corrected chi connectivity index (χ3v) is 7.39. The fourth-order valence-electron chi connectivity index (χ4n) is 4.78. The van der Waals surface area contributed by atoms with E-state index in [0.717, 1.165) is 12.8 Å². The van der Waals surface area contributed by atoms with Crippen molar-refractivity contribution in [3.8, 4) is 6.07 Å². The van der Waals surface area contributed by atoms with Gasteiger partial charge in [-0.15, -0.1) is 0 Å². The Labute approximate surface area is 234 Å². The lowest BCUT2D eigenvalue weighted by Gasteiger charge is -2.32. The summed E-state index contributed by atoms with van der Waals surface area (Å²) in [5.41, 5.74) is 0.914. The first-order valence-corrected chi connectivity index (χ1v) is 13.5. The Morgan fingerprint density at radius 3 is 2.52 bits per heavy atom. The minimum Gasteiger partial charge on any atom is -0.365 e. The summed E-state index contributed by atoms with van der Waals surface area (Å²) < 4.78 is 8.54. The monoisotopic (exact) mass is 564 g/mol. The number of ether oxygens (including phenoxy) is 1. The number of urea groups is 1. The standard InChI is InChI=1S/C28H29ClN6O5/c1-16(2)35-23-8-7-19(11-21(23)26(37)34(28(35)39)14-17-3-4-17)31-25(36)24-15-33(9-10-40-24)27(38)32-20-6-5-18(13-30)22(29)12-20/h5-8,11-12,16-17,24H,3-4,9-10,14-15H2,1-2H3,(H,31,36)(H,32,38). The molecule has 0 spiro atoms. The molecule has 40 heavy (non-hydrogen) atoms. The van der Waals surface area contributed by atoms with Gasteiger partial charge in [0.1, 0.15) is 6.07 Å². The maximum atomic E-state index is 13.3. The molecular formula is C28H29ClN6O5. The number of carbonyl (C=O) groups excluding carboxylic acids is 2. The Kier molecular flexibility index (Phi) is 7.65. The minimum atomic E-state index is -0.934. The van der Waals surface area contributed by atoms with Gasteiger partial charge in [-0.25, -0.2) is 9.59 Å². The molecule has 2 heterocycles. The molecule has 5 rings (SSSR count). The number of hydrogen-bond donors (Lipinski definition) is 2. The van der Waals surface area contributed by atoms with Crippen LogP contribution in [0.4, 0.5) is 16.2 Å². The van der Waals surface area contributed by atoms with Gasteiger partial charge in [0.05, 0.1) is 34.6 Å². The van der Waals surface area contributed by atoms with Gasteiger partial charge in [-0.2, -0.15) is 5.26 Å². The van der Waals surface area contributed by atoms with Gasteiger partial charge in [-0.1, -0.05) is 11.6 Å². The Morgan fingerprint density at radius 1 is 1.12 bits per heavy atom. The lowest BCUT2D eigenvalue weighted by Crippen LogP contribution is -2.51. The topological polar surface area (TPSA) is 138 Å². The van der Waals surface area contributed by atoms with E-state index in [-0.39, 0.29) is 42.0 Å². The highest BCUT2D eigenvalue weighted by Crippen LogP contribution is 2.30. The second-order valence-corrected chi connectivity index (χ2v) is 10.8. The van der Waals surface area contributed by atoms with Crippen LogP contribution in [0.5, 0.6) is 0 Å². The first kappa shape index (κ1) is 27.4. The Bertz CT molecular complexity index is 1650. The van der Waals surface area contributed by atoms with E-state index < -0.39 is 18.0 Å². The first-order chi connectivity index (χ1) is 19.2. The number of hydrogen-bond acceptors (Lipinski definition) is 6. The van der Waals surface area contributed by atoms with Gasteiger partial charge in [0.25, 0.3) is 11.5 Å². The van der Waals surface area contributed by atoms with Crippen molar-refractivity contribution >= 4 is 45.8 Å². The number of nitrogens with one attached hydrogen (secondary N) is 2. The van der Waals surface area contributed by atoms with Crippen LogP contribution >= 0.6 is 11.6 Å². The van der Waals surface area contributed by atoms with E-state index in [2.05, 4.69) is 10.6 Å². The normalized spacial score (nSPS) is 17.1. The fourth-order valence-corrected chi connectivity index (χ4v) is 5.00. The SMILES string of the molecule is CC(C)n1c(=O)n(CC2CC2)c(=O)c2cc(NC(=O)C3CN(C(=O)Nc4ccc(C#N)c(Cl)c4)CCO3)ccc21. The number of halogens is 1. The van der Waals surface area contributed by atoms with Crippen molar-refractivity contribution in [2.75, 3.05) is 30.3 Å². The van der Waals surface area contributed by atoms with E-state index in [4.69, 9.17) is 21.6 Å². The fraction of sp³-hybridized carbons (Fsp3) is 0.393. The van der Waals surface area contributed by atoms with E-state index in [0.29, 0.717) is 40.3 Å². The number of fused-ring (bicyclic) bond motifs is 1. The lowest BCUT2D eigenvalue weighted by molar-refractivity contribution is -0.131. The minimum absolute atomic E-state index is 0.0103. The molecule has 0 radical (unpaired) electrons. The first-order valence-electron chi connectivity index (χ1n) is 13.1. The van der Waals surface area contributed by atoms with Crippen LogP contribution in [-0.2, 0) is 16.1 Å². The van der Waals surface area contributed by atoms with E-state index in [1.165, 1.54) is 21.6 Å². The van der Waals surface area contributed by atoms with Crippen molar-refractivity contribution in [1.82, 2.24) is 14.0 Å². The number of carbonyl (C=O) groups is 2. The number of nitrogens with zero attached hydrogens (tertiary/aromatic N) is 4. The van der Waals surface area contributed by atoms with Crippen LogP contribution < -0.4 is 21.9 Å². The molecule has 12 heteroatoms. The summed E-state index contributed by atoms with van der Waals surface area (Å²) in [5.74, 6) is -0.127. The zero-order valence-electron chi connectivity index (χ0n) is 22.1. The average molecular weight is 565 g/mol. The van der Waals surface area contributed by atoms with E-state index in [1.807, 2.05) is 19.9 Å². The summed E-state index contributed by atoms with van der Waals surface area (Å²) in [4.78, 5) is 53.8. The smallest absolute Gasteiger partial charge is 0.331 e. The predicted molar refractivity (Wildman–Crippen MR) is 151 cm³/mol. The number of nitriles is 1. The molecular weight excluding hydrogens is 536 g/mol. The molecule has 1 unspecified atom stereocenters. The number of aromatic nitrogens is 2. The summed E-state index contributed by atoms with van der Waals surface area (Å²) >= 11 is 6.05. The van der Waals surface area contributed by atoms with Crippen LogP contribution in [0.15, 0.2) is 46.0 Å². The van der Waals surface area contributed by atoms with Crippen LogP contribution in [0.3, 0.4) is 0 Å². The third kappa shape index (κ3) is 5.59. The number of rotatable bonds is 6. The summed E-state index contributed by atoms with van der Waals surface area (Å²) in [6, 6.07) is 10.8. The van der Waals surface area contributed by atoms with Crippen LogP contribution in [-0.4, -0.2) is 51.8 Å². The molecule has 1 aliphatic carbocycles. The molecule has 1 aromatic heterocycles. The van der Waals surface area contributed by atoms with Gasteiger partial charge in [-0.3, -0.25) is 18.7 Å². The summed E-state index contributed by atoms with van der Waals surface area (Å²) in [6.45, 7) is 4.62. The predicted octanol–water partition coefficient (Wildman–Crippen LogP) is 3.55. The quantitative estimate of drug-likeness (QED) is 0.469. The molecule has 0 bridgehead atoms. The summed E-state index contributed by atoms with van der Waals surface area (Å²) in [6.07, 6.45) is 1.06. The second-order valence-electron chi connectivity index (χ2n) is 10.4. The lowest BCUT2D eigenvalue weighted by atomic mass is 10.2. The highest BCUT2D eigenvalue weighted by molar-refractivity contribution is 6.32. The van der Waals surface area contributed by atoms with Crippen molar-refractivity contribution in [2.45, 2.75) is 45.4 Å². The molecule has 2 fully saturated rings. The zero-order chi connectivity index (χ0) is 28.6. The van der Waals surface area contributed by atoms with Gasteiger partial charge < -0.3 is 20.3 Å². The molecule has 2 N–H and O–H groups in total. The number of benzene rings is 2. The highest BCUT2D eigenvalue weighted by Gasteiger charge is 2.30. The Balaban J connectivity index is 1.32. The van der Waals surface area contributed by atoms with Gasteiger partial charge in [0, 0.05) is 30.5 Å². The maximum Gasteiger partial charge on any atom is 0.331 e. The largest absolute Gasteiger partial charge is 0.365 e. The molecule has 2 aromatic carbocycles. The molecule has 208 valence electrons. The van der Waals surface area contributed by atoms with Crippen LogP contribution in [0, 0.1) is 17.2 Å². The van der Waals surface area contributed by atoms with Gasteiger partial charge in [0.15, 0.2) is 6.10 Å². The molecule has 1 atom stereocenters. The molecule has 2 aliphatic rings. The van der Waals surface area contributed by atoms with Crippen molar-refractivity contribution in [3.05, 3.63) is 67.8 Å². The molecule has 1 saturated carbocycles.